The lowest BCUT2D eigenvalue weighted by atomic mass is 9.76. The first kappa shape index (κ1) is 17.5. The van der Waals surface area contributed by atoms with Crippen LogP contribution in [-0.2, 0) is 12.1 Å². The van der Waals surface area contributed by atoms with Crippen LogP contribution in [0.3, 0.4) is 0 Å². The Morgan fingerprint density at radius 1 is 1.04 bits per heavy atom. The van der Waals surface area contributed by atoms with Crippen molar-refractivity contribution in [2.24, 2.45) is 0 Å². The summed E-state index contributed by atoms with van der Waals surface area (Å²) in [6.07, 6.45) is 3.31. The van der Waals surface area contributed by atoms with Crippen molar-refractivity contribution in [1.29, 1.82) is 0 Å². The fourth-order valence-corrected chi connectivity index (χ4v) is 4.77. The number of alkyl halides is 1. The fraction of sp³-hybridized carbons (Fsp3) is 0.304. The zero-order chi connectivity index (χ0) is 18.5. The second-order valence-electron chi connectivity index (χ2n) is 7.46. The van der Waals surface area contributed by atoms with Crippen LogP contribution < -0.4 is 0 Å². The normalized spacial score (nSPS) is 18.2. The maximum atomic E-state index is 13.1. The van der Waals surface area contributed by atoms with Crippen LogP contribution in [-0.4, -0.2) is 5.11 Å². The SMILES string of the molecule is CCCCC1(C)c2ccc(Br)cc2-c2c1cc(O)c1cc(CF)ccc21. The monoisotopic (exact) mass is 412 g/mol. The van der Waals surface area contributed by atoms with Gasteiger partial charge in [0.2, 0.25) is 0 Å². The number of fused-ring (bicyclic) bond motifs is 5. The van der Waals surface area contributed by atoms with Gasteiger partial charge in [-0.2, -0.15) is 0 Å². The minimum absolute atomic E-state index is 0.119. The lowest BCUT2D eigenvalue weighted by Gasteiger charge is -2.27. The molecule has 3 heteroatoms. The van der Waals surface area contributed by atoms with Crippen LogP contribution in [0.4, 0.5) is 4.39 Å². The number of phenols is 1. The van der Waals surface area contributed by atoms with E-state index in [-0.39, 0.29) is 11.2 Å². The van der Waals surface area contributed by atoms with Gasteiger partial charge >= 0.3 is 0 Å². The molecule has 0 aliphatic heterocycles. The van der Waals surface area contributed by atoms with Crippen molar-refractivity contribution in [1.82, 2.24) is 0 Å². The first-order chi connectivity index (χ1) is 12.5. The molecule has 1 aliphatic carbocycles. The molecule has 0 amide bonds. The van der Waals surface area contributed by atoms with E-state index >= 15 is 0 Å². The van der Waals surface area contributed by atoms with Crippen LogP contribution in [0.25, 0.3) is 21.9 Å². The molecule has 4 rings (SSSR count). The van der Waals surface area contributed by atoms with Crippen molar-refractivity contribution >= 4 is 26.7 Å². The molecular formula is C23H22BrFO. The summed E-state index contributed by atoms with van der Waals surface area (Å²) < 4.78 is 14.2. The van der Waals surface area contributed by atoms with Crippen molar-refractivity contribution in [3.63, 3.8) is 0 Å². The van der Waals surface area contributed by atoms with Gasteiger partial charge in [-0.3, -0.25) is 0 Å². The molecule has 0 heterocycles. The third-order valence-electron chi connectivity index (χ3n) is 5.80. The minimum Gasteiger partial charge on any atom is -0.507 e. The third kappa shape index (κ3) is 2.48. The Hall–Kier alpha value is -1.87. The van der Waals surface area contributed by atoms with Crippen LogP contribution in [0.2, 0.25) is 0 Å². The highest BCUT2D eigenvalue weighted by Gasteiger charge is 2.40. The molecule has 1 aliphatic rings. The zero-order valence-corrected chi connectivity index (χ0v) is 16.7. The standard InChI is InChI=1S/C23H22BrFO/c1-3-4-9-23(2)19-8-6-15(24)11-18(19)22-16-7-5-14(13-25)10-17(16)21(26)12-20(22)23/h5-8,10-12,26H,3-4,9,13H2,1-2H3. The Labute approximate surface area is 162 Å². The van der Waals surface area contributed by atoms with Crippen molar-refractivity contribution in [3.05, 3.63) is 63.6 Å². The van der Waals surface area contributed by atoms with E-state index in [0.29, 0.717) is 5.56 Å². The number of hydrogen-bond acceptors (Lipinski definition) is 1. The molecule has 0 aromatic heterocycles. The Morgan fingerprint density at radius 3 is 2.58 bits per heavy atom. The third-order valence-corrected chi connectivity index (χ3v) is 6.30. The van der Waals surface area contributed by atoms with Gasteiger partial charge in [-0.05, 0) is 63.9 Å². The lowest BCUT2D eigenvalue weighted by molar-refractivity contribution is 0.471. The summed E-state index contributed by atoms with van der Waals surface area (Å²) in [5.41, 5.74) is 5.35. The van der Waals surface area contributed by atoms with Gasteiger partial charge in [0.15, 0.2) is 0 Å². The lowest BCUT2D eigenvalue weighted by Crippen LogP contribution is -2.20. The van der Waals surface area contributed by atoms with E-state index in [1.165, 1.54) is 22.3 Å². The second-order valence-corrected chi connectivity index (χ2v) is 8.37. The fourth-order valence-electron chi connectivity index (χ4n) is 4.41. The predicted octanol–water partition coefficient (Wildman–Crippen LogP) is 7.25. The summed E-state index contributed by atoms with van der Waals surface area (Å²) >= 11 is 3.61. The Balaban J connectivity index is 2.08. The van der Waals surface area contributed by atoms with Crippen LogP contribution in [0, 0.1) is 0 Å². The molecule has 3 aromatic carbocycles. The first-order valence-corrected chi connectivity index (χ1v) is 9.94. The Morgan fingerprint density at radius 2 is 1.85 bits per heavy atom. The van der Waals surface area contributed by atoms with Gasteiger partial charge in [0.05, 0.1) is 0 Å². The first-order valence-electron chi connectivity index (χ1n) is 9.15. The van der Waals surface area contributed by atoms with Crippen molar-refractivity contribution < 1.29 is 9.50 Å². The average Bonchev–Trinajstić information content (AvgIpc) is 2.88. The molecule has 0 saturated heterocycles. The van der Waals surface area contributed by atoms with E-state index < -0.39 is 6.67 Å². The van der Waals surface area contributed by atoms with Gasteiger partial charge in [0, 0.05) is 15.3 Å². The topological polar surface area (TPSA) is 20.2 Å². The number of aromatic hydroxyl groups is 1. The molecule has 1 atom stereocenters. The number of halogens is 2. The molecule has 0 fully saturated rings. The van der Waals surface area contributed by atoms with E-state index in [4.69, 9.17) is 0 Å². The van der Waals surface area contributed by atoms with Crippen LogP contribution in [0.1, 0.15) is 49.8 Å². The van der Waals surface area contributed by atoms with Gasteiger partial charge in [-0.1, -0.05) is 60.8 Å². The molecular weight excluding hydrogens is 391 g/mol. The average molecular weight is 413 g/mol. The van der Waals surface area contributed by atoms with Crippen LogP contribution >= 0.6 is 15.9 Å². The Kier molecular flexibility index (Phi) is 4.31. The summed E-state index contributed by atoms with van der Waals surface area (Å²) in [5, 5.41) is 12.4. The van der Waals surface area contributed by atoms with E-state index in [2.05, 4.69) is 48.0 Å². The van der Waals surface area contributed by atoms with Crippen molar-refractivity contribution in [2.45, 2.75) is 45.2 Å². The van der Waals surface area contributed by atoms with Gasteiger partial charge in [-0.25, -0.2) is 4.39 Å². The Bertz CT molecular complexity index is 1010. The smallest absolute Gasteiger partial charge is 0.123 e. The zero-order valence-electron chi connectivity index (χ0n) is 15.1. The molecule has 3 aromatic rings. The van der Waals surface area contributed by atoms with E-state index in [1.807, 2.05) is 18.2 Å². The summed E-state index contributed by atoms with van der Waals surface area (Å²) in [7, 11) is 0. The summed E-state index contributed by atoms with van der Waals surface area (Å²) in [4.78, 5) is 0. The molecule has 0 radical (unpaired) electrons. The number of unbranched alkanes of at least 4 members (excludes halogenated alkanes) is 1. The highest BCUT2D eigenvalue weighted by molar-refractivity contribution is 9.10. The van der Waals surface area contributed by atoms with Crippen molar-refractivity contribution in [2.75, 3.05) is 0 Å². The molecule has 1 unspecified atom stereocenters. The number of rotatable bonds is 4. The van der Waals surface area contributed by atoms with Crippen LogP contribution in [0.5, 0.6) is 5.75 Å². The summed E-state index contributed by atoms with van der Waals surface area (Å²) in [6.45, 7) is 3.96. The summed E-state index contributed by atoms with van der Waals surface area (Å²) in [5.74, 6) is 0.239. The van der Waals surface area contributed by atoms with Gasteiger partial charge in [-0.15, -0.1) is 0 Å². The second kappa shape index (κ2) is 6.38. The van der Waals surface area contributed by atoms with Crippen LogP contribution in [0.15, 0.2) is 46.9 Å². The molecule has 1 N–H and O–H groups in total. The maximum Gasteiger partial charge on any atom is 0.123 e. The van der Waals surface area contributed by atoms with Gasteiger partial charge < -0.3 is 5.11 Å². The highest BCUT2D eigenvalue weighted by atomic mass is 79.9. The molecule has 0 saturated carbocycles. The molecule has 1 nitrogen and oxygen atoms in total. The van der Waals surface area contributed by atoms with E-state index in [1.54, 1.807) is 6.07 Å². The number of hydrogen-bond donors (Lipinski definition) is 1. The van der Waals surface area contributed by atoms with Crippen molar-refractivity contribution in [3.8, 4) is 16.9 Å². The molecule has 0 bridgehead atoms. The molecule has 0 spiro atoms. The largest absolute Gasteiger partial charge is 0.507 e. The number of benzene rings is 3. The quantitative estimate of drug-likeness (QED) is 0.478. The molecule has 26 heavy (non-hydrogen) atoms. The van der Waals surface area contributed by atoms with Gasteiger partial charge in [0.25, 0.3) is 0 Å². The maximum absolute atomic E-state index is 13.1. The summed E-state index contributed by atoms with van der Waals surface area (Å²) in [6, 6.07) is 13.9. The highest BCUT2D eigenvalue weighted by Crippen LogP contribution is 2.55. The van der Waals surface area contributed by atoms with Gasteiger partial charge in [0.1, 0.15) is 12.4 Å². The predicted molar refractivity (Wildman–Crippen MR) is 110 cm³/mol. The van der Waals surface area contributed by atoms with E-state index in [0.717, 1.165) is 34.5 Å². The van der Waals surface area contributed by atoms with E-state index in [9.17, 15) is 9.50 Å². The molecule has 134 valence electrons. The number of phenolic OH excluding ortho intramolecular Hbond substituents is 1. The minimum atomic E-state index is -0.525.